The highest BCUT2D eigenvalue weighted by atomic mass is 16.5. The first-order valence-electron chi connectivity index (χ1n) is 9.95. The van der Waals surface area contributed by atoms with Crippen LogP contribution in [0.5, 0.6) is 5.75 Å². The molecule has 5 nitrogen and oxygen atoms in total. The van der Waals surface area contributed by atoms with Gasteiger partial charge in [0.15, 0.2) is 6.61 Å². The molecule has 2 aromatic rings. The molecule has 0 bridgehead atoms. The molecule has 0 unspecified atom stereocenters. The number of fused-ring (bicyclic) bond motifs is 1. The molecule has 5 heteroatoms. The van der Waals surface area contributed by atoms with Crippen molar-refractivity contribution in [2.24, 2.45) is 0 Å². The van der Waals surface area contributed by atoms with E-state index in [1.807, 2.05) is 36.4 Å². The van der Waals surface area contributed by atoms with Crippen LogP contribution in [0.4, 0.5) is 0 Å². The predicted octanol–water partition coefficient (Wildman–Crippen LogP) is 3.56. The molecule has 0 spiro atoms. The Bertz CT molecular complexity index is 839. The fraction of sp³-hybridized carbons (Fsp3) is 0.455. The van der Waals surface area contributed by atoms with Gasteiger partial charge in [-0.15, -0.1) is 0 Å². The first kappa shape index (κ1) is 17.8. The van der Waals surface area contributed by atoms with Crippen molar-refractivity contribution >= 4 is 22.6 Å². The van der Waals surface area contributed by atoms with Gasteiger partial charge in [0.25, 0.3) is 11.8 Å². The van der Waals surface area contributed by atoms with Crippen molar-refractivity contribution in [2.45, 2.75) is 57.0 Å². The van der Waals surface area contributed by atoms with Crippen molar-refractivity contribution < 1.29 is 14.3 Å². The molecule has 0 heterocycles. The van der Waals surface area contributed by atoms with Gasteiger partial charge in [0.1, 0.15) is 5.75 Å². The number of carbonyl (C=O) groups excluding carboxylic acids is 2. The van der Waals surface area contributed by atoms with E-state index in [0.29, 0.717) is 17.4 Å². The average molecular weight is 366 g/mol. The van der Waals surface area contributed by atoms with Gasteiger partial charge in [-0.25, -0.2) is 0 Å². The van der Waals surface area contributed by atoms with Crippen LogP contribution in [0.25, 0.3) is 10.8 Å². The first-order valence-corrected chi connectivity index (χ1v) is 9.95. The van der Waals surface area contributed by atoms with E-state index in [1.165, 1.54) is 6.42 Å². The molecule has 2 N–H and O–H groups in total. The topological polar surface area (TPSA) is 67.4 Å². The molecule has 0 saturated heterocycles. The van der Waals surface area contributed by atoms with Crippen LogP contribution in [-0.2, 0) is 4.79 Å². The molecular weight excluding hydrogens is 340 g/mol. The second kappa shape index (κ2) is 7.99. The number of hydrogen-bond acceptors (Lipinski definition) is 3. The van der Waals surface area contributed by atoms with E-state index >= 15 is 0 Å². The largest absolute Gasteiger partial charge is 0.483 e. The maximum absolute atomic E-state index is 12.9. The predicted molar refractivity (Wildman–Crippen MR) is 105 cm³/mol. The molecule has 2 aromatic carbocycles. The van der Waals surface area contributed by atoms with Crippen LogP contribution in [0, 0.1) is 0 Å². The van der Waals surface area contributed by atoms with Gasteiger partial charge in [0, 0.05) is 12.1 Å². The van der Waals surface area contributed by atoms with Gasteiger partial charge in [-0.2, -0.15) is 0 Å². The highest BCUT2D eigenvalue weighted by molar-refractivity contribution is 6.01. The quantitative estimate of drug-likeness (QED) is 0.821. The van der Waals surface area contributed by atoms with E-state index in [2.05, 4.69) is 10.6 Å². The Labute approximate surface area is 159 Å². The van der Waals surface area contributed by atoms with Crippen molar-refractivity contribution in [3.8, 4) is 5.75 Å². The second-order valence-corrected chi connectivity index (χ2v) is 7.63. The Balaban J connectivity index is 1.53. The minimum atomic E-state index is -0.135. The summed E-state index contributed by atoms with van der Waals surface area (Å²) < 4.78 is 5.77. The fourth-order valence-corrected chi connectivity index (χ4v) is 3.67. The normalized spacial score (nSPS) is 17.5. The highest BCUT2D eigenvalue weighted by Crippen LogP contribution is 2.27. The molecule has 142 valence electrons. The number of benzene rings is 2. The third kappa shape index (κ3) is 4.59. The minimum Gasteiger partial charge on any atom is -0.483 e. The smallest absolute Gasteiger partial charge is 0.258 e. The highest BCUT2D eigenvalue weighted by Gasteiger charge is 2.24. The fourth-order valence-electron chi connectivity index (χ4n) is 3.67. The zero-order valence-corrected chi connectivity index (χ0v) is 15.5. The number of amides is 2. The average Bonchev–Trinajstić information content (AvgIpc) is 3.50. The second-order valence-electron chi connectivity index (χ2n) is 7.63. The van der Waals surface area contributed by atoms with Crippen molar-refractivity contribution in [2.75, 3.05) is 6.61 Å². The third-order valence-electron chi connectivity index (χ3n) is 5.33. The Morgan fingerprint density at radius 3 is 2.26 bits per heavy atom. The molecule has 2 amide bonds. The number of nitrogens with one attached hydrogen (secondary N) is 2. The lowest BCUT2D eigenvalue weighted by molar-refractivity contribution is -0.123. The number of hydrogen-bond donors (Lipinski definition) is 2. The lowest BCUT2D eigenvalue weighted by Crippen LogP contribution is -2.36. The summed E-state index contributed by atoms with van der Waals surface area (Å²) in [7, 11) is 0. The molecule has 27 heavy (non-hydrogen) atoms. The number of rotatable bonds is 6. The number of ether oxygens (including phenoxy) is 1. The minimum absolute atomic E-state index is 0.0709. The molecule has 0 radical (unpaired) electrons. The molecule has 2 saturated carbocycles. The molecule has 0 atom stereocenters. The van der Waals surface area contributed by atoms with Crippen LogP contribution in [0.3, 0.4) is 0 Å². The van der Waals surface area contributed by atoms with E-state index in [0.717, 1.165) is 49.3 Å². The van der Waals surface area contributed by atoms with Crippen molar-refractivity contribution in [1.29, 1.82) is 0 Å². The van der Waals surface area contributed by atoms with E-state index in [-0.39, 0.29) is 24.5 Å². The molecule has 2 aliphatic rings. The van der Waals surface area contributed by atoms with Crippen LogP contribution in [-0.4, -0.2) is 30.5 Å². The van der Waals surface area contributed by atoms with Crippen LogP contribution in [0.1, 0.15) is 55.3 Å². The maximum atomic E-state index is 12.9. The van der Waals surface area contributed by atoms with E-state index < -0.39 is 0 Å². The Hall–Kier alpha value is -2.56. The molecule has 0 aliphatic heterocycles. The summed E-state index contributed by atoms with van der Waals surface area (Å²) in [5, 5.41) is 8.04. The summed E-state index contributed by atoms with van der Waals surface area (Å²) in [5.41, 5.74) is 0.499. The first-order chi connectivity index (χ1) is 13.2. The van der Waals surface area contributed by atoms with E-state index in [1.54, 1.807) is 0 Å². The van der Waals surface area contributed by atoms with Crippen LogP contribution in [0.15, 0.2) is 36.4 Å². The molecule has 2 aliphatic carbocycles. The van der Waals surface area contributed by atoms with Gasteiger partial charge >= 0.3 is 0 Å². The SMILES string of the molecule is O=C(COc1cc2ccccc2cc1C(=O)NC1CCCCC1)NC1CC1. The lowest BCUT2D eigenvalue weighted by Gasteiger charge is -2.23. The van der Waals surface area contributed by atoms with Crippen molar-refractivity contribution in [3.05, 3.63) is 42.0 Å². The Morgan fingerprint density at radius 1 is 0.889 bits per heavy atom. The Morgan fingerprint density at radius 2 is 1.56 bits per heavy atom. The molecular formula is C22H26N2O3. The van der Waals surface area contributed by atoms with Gasteiger partial charge < -0.3 is 15.4 Å². The molecule has 0 aromatic heterocycles. The zero-order chi connectivity index (χ0) is 18.6. The maximum Gasteiger partial charge on any atom is 0.258 e. The monoisotopic (exact) mass is 366 g/mol. The van der Waals surface area contributed by atoms with Gasteiger partial charge in [-0.3, -0.25) is 9.59 Å². The lowest BCUT2D eigenvalue weighted by atomic mass is 9.95. The molecule has 4 rings (SSSR count). The Kier molecular flexibility index (Phi) is 5.28. The van der Waals surface area contributed by atoms with Gasteiger partial charge in [-0.1, -0.05) is 43.5 Å². The molecule has 2 fully saturated rings. The summed E-state index contributed by atoms with van der Waals surface area (Å²) in [6, 6.07) is 12.1. The number of carbonyl (C=O) groups is 2. The zero-order valence-electron chi connectivity index (χ0n) is 15.5. The van der Waals surface area contributed by atoms with Gasteiger partial charge in [0.2, 0.25) is 0 Å². The summed E-state index contributed by atoms with van der Waals surface area (Å²) in [6.07, 6.45) is 7.69. The summed E-state index contributed by atoms with van der Waals surface area (Å²) in [6.45, 7) is -0.0709. The third-order valence-corrected chi connectivity index (χ3v) is 5.33. The van der Waals surface area contributed by atoms with Gasteiger partial charge in [-0.05, 0) is 48.6 Å². The summed E-state index contributed by atoms with van der Waals surface area (Å²) in [5.74, 6) is 0.211. The van der Waals surface area contributed by atoms with Crippen molar-refractivity contribution in [1.82, 2.24) is 10.6 Å². The summed E-state index contributed by atoms with van der Waals surface area (Å²) in [4.78, 5) is 24.9. The van der Waals surface area contributed by atoms with Crippen molar-refractivity contribution in [3.63, 3.8) is 0 Å². The van der Waals surface area contributed by atoms with Crippen LogP contribution in [0.2, 0.25) is 0 Å². The standard InChI is InChI=1S/C22H26N2O3/c25-21(23-18-10-11-18)14-27-20-13-16-7-5-4-6-15(16)12-19(20)22(26)24-17-8-2-1-3-9-17/h4-7,12-13,17-18H,1-3,8-11,14H2,(H,23,25)(H,24,26). The van der Waals surface area contributed by atoms with E-state index in [9.17, 15) is 9.59 Å². The summed E-state index contributed by atoms with van der Waals surface area (Å²) >= 11 is 0. The van der Waals surface area contributed by atoms with Crippen LogP contribution >= 0.6 is 0 Å². The van der Waals surface area contributed by atoms with Gasteiger partial charge in [0.05, 0.1) is 5.56 Å². The van der Waals surface area contributed by atoms with Crippen LogP contribution < -0.4 is 15.4 Å². The van der Waals surface area contributed by atoms with E-state index in [4.69, 9.17) is 4.74 Å².